The lowest BCUT2D eigenvalue weighted by molar-refractivity contribution is -0.140. The van der Waals surface area contributed by atoms with Crippen molar-refractivity contribution < 1.29 is 18.0 Å². The number of halogens is 5. The molecule has 3 rings (SSSR count). The second-order valence-corrected chi connectivity index (χ2v) is 5.64. The van der Waals surface area contributed by atoms with Gasteiger partial charge in [-0.1, -0.05) is 23.2 Å². The van der Waals surface area contributed by atoms with E-state index in [0.717, 1.165) is 15.4 Å². The van der Waals surface area contributed by atoms with Gasteiger partial charge in [0.05, 0.1) is 16.2 Å². The summed E-state index contributed by atoms with van der Waals surface area (Å²) in [5.41, 5.74) is -1.33. The van der Waals surface area contributed by atoms with Gasteiger partial charge in [0.2, 0.25) is 0 Å². The predicted molar refractivity (Wildman–Crippen MR) is 81.4 cm³/mol. The summed E-state index contributed by atoms with van der Waals surface area (Å²) in [5.74, 6) is -0.829. The molecule has 126 valence electrons. The minimum atomic E-state index is -4.70. The largest absolute Gasteiger partial charge is 0.437 e. The lowest BCUT2D eigenvalue weighted by Crippen LogP contribution is -2.18. The molecular weight excluding hydrogens is 370 g/mol. The number of fused-ring (bicyclic) bond motifs is 1. The van der Waals surface area contributed by atoms with Gasteiger partial charge in [0, 0.05) is 13.2 Å². The maximum absolute atomic E-state index is 12.9. The molecule has 3 aromatic rings. The maximum Gasteiger partial charge on any atom is 0.437 e. The number of aromatic nitrogens is 4. The zero-order valence-corrected chi connectivity index (χ0v) is 13.4. The average Bonchev–Trinajstić information content (AvgIpc) is 2.99. The summed E-state index contributed by atoms with van der Waals surface area (Å²) in [6.07, 6.45) is -3.65. The average molecular weight is 378 g/mol. The molecule has 0 aliphatic heterocycles. The van der Waals surface area contributed by atoms with Crippen molar-refractivity contribution in [3.63, 3.8) is 0 Å². The number of rotatable bonds is 2. The lowest BCUT2D eigenvalue weighted by atomic mass is 10.3. The van der Waals surface area contributed by atoms with E-state index in [1.807, 2.05) is 0 Å². The monoisotopic (exact) mass is 377 g/mol. The van der Waals surface area contributed by atoms with Crippen LogP contribution in [0.15, 0.2) is 24.4 Å². The second kappa shape index (κ2) is 5.67. The third kappa shape index (κ3) is 2.92. The van der Waals surface area contributed by atoms with Crippen LogP contribution < -0.4 is 5.32 Å². The van der Waals surface area contributed by atoms with E-state index in [9.17, 15) is 18.0 Å². The van der Waals surface area contributed by atoms with Crippen LogP contribution in [0.5, 0.6) is 0 Å². The minimum absolute atomic E-state index is 0.0607. The molecule has 0 aliphatic carbocycles. The topological polar surface area (TPSA) is 64.2 Å². The van der Waals surface area contributed by atoms with Crippen LogP contribution in [0, 0.1) is 0 Å². The van der Waals surface area contributed by atoms with E-state index >= 15 is 0 Å². The van der Waals surface area contributed by atoms with Crippen LogP contribution in [0.1, 0.15) is 16.2 Å². The summed E-state index contributed by atoms with van der Waals surface area (Å²) in [4.78, 5) is 12.4. The third-order valence-corrected chi connectivity index (χ3v) is 3.62. The number of aryl methyl sites for hydroxylation is 1. The Morgan fingerprint density at radius 2 is 1.96 bits per heavy atom. The minimum Gasteiger partial charge on any atom is -0.317 e. The number of hydrogen-bond acceptors (Lipinski definition) is 3. The van der Waals surface area contributed by atoms with Gasteiger partial charge < -0.3 is 5.32 Å². The van der Waals surface area contributed by atoms with Crippen LogP contribution in [0.2, 0.25) is 10.2 Å². The van der Waals surface area contributed by atoms with Gasteiger partial charge in [-0.05, 0) is 18.2 Å². The molecule has 24 heavy (non-hydrogen) atoms. The van der Waals surface area contributed by atoms with Gasteiger partial charge in [-0.15, -0.1) is 0 Å². The fourth-order valence-electron chi connectivity index (χ4n) is 2.16. The Balaban J connectivity index is 2.02. The molecule has 0 bridgehead atoms. The first-order valence-electron chi connectivity index (χ1n) is 6.43. The van der Waals surface area contributed by atoms with E-state index in [-0.39, 0.29) is 15.9 Å². The first-order valence-corrected chi connectivity index (χ1v) is 7.18. The molecule has 0 aliphatic rings. The predicted octanol–water partition coefficient (Wildman–Crippen LogP) is 3.65. The zero-order chi connectivity index (χ0) is 17.6. The van der Waals surface area contributed by atoms with E-state index in [0.29, 0.717) is 5.52 Å². The van der Waals surface area contributed by atoms with E-state index in [2.05, 4.69) is 15.5 Å². The molecule has 0 aromatic carbocycles. The Hall–Kier alpha value is -2.26. The molecule has 11 heteroatoms. The summed E-state index contributed by atoms with van der Waals surface area (Å²) in [7, 11) is 1.32. The number of anilines is 1. The van der Waals surface area contributed by atoms with Gasteiger partial charge in [0.25, 0.3) is 5.91 Å². The van der Waals surface area contributed by atoms with Crippen LogP contribution in [-0.4, -0.2) is 25.3 Å². The molecule has 0 saturated carbocycles. The van der Waals surface area contributed by atoms with Gasteiger partial charge in [-0.2, -0.15) is 23.4 Å². The molecule has 0 fully saturated rings. The van der Waals surface area contributed by atoms with Crippen LogP contribution in [-0.2, 0) is 13.2 Å². The Bertz CT molecular complexity index is 947. The molecule has 3 heterocycles. The number of hydrogen-bond donors (Lipinski definition) is 1. The summed E-state index contributed by atoms with van der Waals surface area (Å²) in [6, 6.07) is 4.31. The van der Waals surface area contributed by atoms with Crippen molar-refractivity contribution in [3.05, 3.63) is 46.0 Å². The smallest absolute Gasteiger partial charge is 0.317 e. The first-order chi connectivity index (χ1) is 11.2. The highest BCUT2D eigenvalue weighted by molar-refractivity contribution is 6.34. The van der Waals surface area contributed by atoms with Crippen molar-refractivity contribution >= 4 is 40.3 Å². The Morgan fingerprint density at radius 3 is 2.62 bits per heavy atom. The van der Waals surface area contributed by atoms with Crippen LogP contribution in [0.4, 0.5) is 18.9 Å². The molecule has 1 N–H and O–H groups in total. The standard InChI is InChI=1S/C13H8Cl2F3N5O/c1-22-5-7(11(21-22)13(16,17)18)19-12(24)9-4-6(14)8-2-3-10(15)20-23(8)9/h2-5H,1H3,(H,19,24). The number of nitrogens with one attached hydrogen (secondary N) is 1. The normalized spacial score (nSPS) is 11.9. The highest BCUT2D eigenvalue weighted by atomic mass is 35.5. The van der Waals surface area contributed by atoms with E-state index < -0.39 is 23.5 Å². The summed E-state index contributed by atoms with van der Waals surface area (Å²) >= 11 is 11.8. The summed E-state index contributed by atoms with van der Waals surface area (Å²) in [6.45, 7) is 0. The number of carbonyl (C=O) groups excluding carboxylic acids is 1. The van der Waals surface area contributed by atoms with Crippen molar-refractivity contribution in [2.24, 2.45) is 7.05 Å². The van der Waals surface area contributed by atoms with Gasteiger partial charge in [0.15, 0.2) is 5.69 Å². The third-order valence-electron chi connectivity index (χ3n) is 3.12. The molecule has 0 spiro atoms. The van der Waals surface area contributed by atoms with Crippen molar-refractivity contribution in [2.45, 2.75) is 6.18 Å². The molecule has 0 saturated heterocycles. The second-order valence-electron chi connectivity index (χ2n) is 4.85. The van der Waals surface area contributed by atoms with Gasteiger partial charge >= 0.3 is 6.18 Å². The maximum atomic E-state index is 12.9. The van der Waals surface area contributed by atoms with Gasteiger partial charge in [0.1, 0.15) is 10.8 Å². The lowest BCUT2D eigenvalue weighted by Gasteiger charge is -2.07. The fourth-order valence-corrected chi connectivity index (χ4v) is 2.54. The molecule has 0 atom stereocenters. The fraction of sp³-hybridized carbons (Fsp3) is 0.154. The summed E-state index contributed by atoms with van der Waals surface area (Å²) in [5, 5.41) is 9.73. The number of carbonyl (C=O) groups is 1. The SMILES string of the molecule is Cn1cc(NC(=O)c2cc(Cl)c3ccc(Cl)nn23)c(C(F)(F)F)n1. The van der Waals surface area contributed by atoms with Crippen molar-refractivity contribution in [2.75, 3.05) is 5.32 Å². The first kappa shape index (κ1) is 16.6. The quantitative estimate of drug-likeness (QED) is 0.741. The molecule has 1 amide bonds. The summed E-state index contributed by atoms with van der Waals surface area (Å²) < 4.78 is 40.9. The van der Waals surface area contributed by atoms with Crippen LogP contribution in [0.25, 0.3) is 5.52 Å². The van der Waals surface area contributed by atoms with E-state index in [4.69, 9.17) is 23.2 Å². The zero-order valence-electron chi connectivity index (χ0n) is 11.9. The molecule has 0 unspecified atom stereocenters. The van der Waals surface area contributed by atoms with Gasteiger partial charge in [-0.25, -0.2) is 4.52 Å². The number of amides is 1. The van der Waals surface area contributed by atoms with Crippen molar-refractivity contribution in [3.8, 4) is 0 Å². The molecule has 6 nitrogen and oxygen atoms in total. The Kier molecular flexibility index (Phi) is 3.92. The van der Waals surface area contributed by atoms with E-state index in [1.54, 1.807) is 6.07 Å². The van der Waals surface area contributed by atoms with E-state index in [1.165, 1.54) is 19.2 Å². The van der Waals surface area contributed by atoms with Crippen molar-refractivity contribution in [1.82, 2.24) is 19.4 Å². The number of nitrogens with zero attached hydrogens (tertiary/aromatic N) is 4. The molecule has 0 radical (unpaired) electrons. The van der Waals surface area contributed by atoms with Crippen LogP contribution >= 0.6 is 23.2 Å². The number of alkyl halides is 3. The van der Waals surface area contributed by atoms with Gasteiger partial charge in [-0.3, -0.25) is 9.48 Å². The molecule has 3 aromatic heterocycles. The van der Waals surface area contributed by atoms with Crippen molar-refractivity contribution in [1.29, 1.82) is 0 Å². The highest BCUT2D eigenvalue weighted by Crippen LogP contribution is 2.33. The Morgan fingerprint density at radius 1 is 1.25 bits per heavy atom. The van der Waals surface area contributed by atoms with Crippen LogP contribution in [0.3, 0.4) is 0 Å². The highest BCUT2D eigenvalue weighted by Gasteiger charge is 2.37. The Labute approximate surface area is 142 Å². The molecular formula is C13H8Cl2F3N5O.